The summed E-state index contributed by atoms with van der Waals surface area (Å²) in [5.41, 5.74) is 7.46. The van der Waals surface area contributed by atoms with Crippen molar-refractivity contribution in [2.45, 2.75) is 50.5 Å². The van der Waals surface area contributed by atoms with Crippen LogP contribution in [0.2, 0.25) is 0 Å². The number of nitrogen functional groups attached to an aromatic ring is 1. The molecule has 1 aromatic rings. The van der Waals surface area contributed by atoms with Crippen molar-refractivity contribution in [2.24, 2.45) is 5.92 Å². The van der Waals surface area contributed by atoms with Crippen LogP contribution in [0.3, 0.4) is 0 Å². The Morgan fingerprint density at radius 2 is 1.90 bits per heavy atom. The zero-order chi connectivity index (χ0) is 15.6. The number of rotatable bonds is 5. The molecule has 0 radical (unpaired) electrons. The minimum atomic E-state index is -3.29. The van der Waals surface area contributed by atoms with Crippen molar-refractivity contribution in [1.29, 1.82) is 0 Å². The molecule has 0 bridgehead atoms. The number of nitrogens with two attached hydrogens (primary N) is 1. The van der Waals surface area contributed by atoms with Crippen LogP contribution in [0, 0.1) is 5.92 Å². The molecule has 0 aromatic heterocycles. The first-order chi connectivity index (χ1) is 9.80. The van der Waals surface area contributed by atoms with E-state index in [-0.39, 0.29) is 4.90 Å². The average molecular weight is 310 g/mol. The summed E-state index contributed by atoms with van der Waals surface area (Å²) >= 11 is 0. The largest absolute Gasteiger partial charge is 0.396 e. The van der Waals surface area contributed by atoms with Gasteiger partial charge in [0.25, 0.3) is 0 Å². The number of sulfone groups is 1. The van der Waals surface area contributed by atoms with E-state index in [9.17, 15) is 8.42 Å². The fraction of sp³-hybridized carbons (Fsp3) is 0.625. The van der Waals surface area contributed by atoms with Crippen LogP contribution in [-0.2, 0) is 9.84 Å². The molecule has 1 saturated carbocycles. The van der Waals surface area contributed by atoms with Gasteiger partial charge in [-0.2, -0.15) is 0 Å². The van der Waals surface area contributed by atoms with E-state index >= 15 is 0 Å². The van der Waals surface area contributed by atoms with E-state index < -0.39 is 9.84 Å². The van der Waals surface area contributed by atoms with E-state index in [0.717, 1.165) is 25.1 Å². The highest BCUT2D eigenvalue weighted by molar-refractivity contribution is 7.90. The zero-order valence-electron chi connectivity index (χ0n) is 13.2. The van der Waals surface area contributed by atoms with Crippen LogP contribution in [0.25, 0.3) is 0 Å². The Bertz CT molecular complexity index is 590. The van der Waals surface area contributed by atoms with Gasteiger partial charge in [0.2, 0.25) is 0 Å². The first-order valence-corrected chi connectivity index (χ1v) is 9.55. The third-order valence-electron chi connectivity index (χ3n) is 4.08. The molecule has 1 aromatic carbocycles. The van der Waals surface area contributed by atoms with Gasteiger partial charge in [0, 0.05) is 18.8 Å². The number of anilines is 2. The molecule has 4 nitrogen and oxygen atoms in total. The maximum absolute atomic E-state index is 11.9. The van der Waals surface area contributed by atoms with Gasteiger partial charge < -0.3 is 10.6 Å². The molecule has 0 saturated heterocycles. The molecule has 1 aliphatic rings. The Hall–Kier alpha value is -1.23. The normalized spacial score (nSPS) is 16.6. The van der Waals surface area contributed by atoms with Crippen molar-refractivity contribution in [3.05, 3.63) is 18.2 Å². The Labute approximate surface area is 128 Å². The van der Waals surface area contributed by atoms with Crippen molar-refractivity contribution in [1.82, 2.24) is 0 Å². The number of hydrogen-bond donors (Lipinski definition) is 1. The van der Waals surface area contributed by atoms with Crippen molar-refractivity contribution in [3.8, 4) is 0 Å². The Kier molecular flexibility index (Phi) is 4.81. The third-order valence-corrected chi connectivity index (χ3v) is 5.23. The van der Waals surface area contributed by atoms with Crippen LogP contribution in [0.5, 0.6) is 0 Å². The van der Waals surface area contributed by atoms with Crippen molar-refractivity contribution < 1.29 is 8.42 Å². The molecular formula is C16H26N2O2S. The highest BCUT2D eigenvalue weighted by Gasteiger charge is 2.26. The lowest BCUT2D eigenvalue weighted by Crippen LogP contribution is -2.37. The summed E-state index contributed by atoms with van der Waals surface area (Å²) in [5.74, 6) is 0.506. The Balaban J connectivity index is 2.44. The second kappa shape index (κ2) is 6.26. The van der Waals surface area contributed by atoms with Crippen molar-refractivity contribution in [2.75, 3.05) is 23.4 Å². The molecule has 0 heterocycles. The van der Waals surface area contributed by atoms with E-state index in [1.54, 1.807) is 12.1 Å². The lowest BCUT2D eigenvalue weighted by Gasteiger charge is -2.34. The summed E-state index contributed by atoms with van der Waals surface area (Å²) < 4.78 is 23.7. The molecule has 0 spiro atoms. The van der Waals surface area contributed by atoms with Gasteiger partial charge in [-0.3, -0.25) is 0 Å². The Morgan fingerprint density at radius 1 is 1.29 bits per heavy atom. The summed E-state index contributed by atoms with van der Waals surface area (Å²) in [5, 5.41) is 0. The molecule has 0 amide bonds. The maximum Gasteiger partial charge on any atom is 0.177 e. The van der Waals surface area contributed by atoms with Crippen LogP contribution in [0.1, 0.15) is 39.5 Å². The van der Waals surface area contributed by atoms with Gasteiger partial charge in [-0.25, -0.2) is 8.42 Å². The lowest BCUT2D eigenvalue weighted by atomic mass is 10.1. The number of para-hydroxylation sites is 1. The fourth-order valence-corrected chi connectivity index (χ4v) is 3.99. The molecule has 0 atom stereocenters. The van der Waals surface area contributed by atoms with E-state index in [2.05, 4.69) is 18.7 Å². The van der Waals surface area contributed by atoms with Crippen LogP contribution in [-0.4, -0.2) is 27.3 Å². The zero-order valence-corrected chi connectivity index (χ0v) is 14.0. The summed E-state index contributed by atoms with van der Waals surface area (Å²) in [7, 11) is -3.29. The van der Waals surface area contributed by atoms with Gasteiger partial charge in [-0.1, -0.05) is 32.8 Å². The topological polar surface area (TPSA) is 63.4 Å². The minimum absolute atomic E-state index is 0.242. The summed E-state index contributed by atoms with van der Waals surface area (Å²) in [6.45, 7) is 5.26. The van der Waals surface area contributed by atoms with Gasteiger partial charge in [0.1, 0.15) is 0 Å². The van der Waals surface area contributed by atoms with Gasteiger partial charge >= 0.3 is 0 Å². The highest BCUT2D eigenvalue weighted by Crippen LogP contribution is 2.35. The van der Waals surface area contributed by atoms with E-state index in [1.807, 2.05) is 6.07 Å². The van der Waals surface area contributed by atoms with Crippen LogP contribution in [0.15, 0.2) is 23.1 Å². The molecule has 1 aliphatic carbocycles. The summed E-state index contributed by atoms with van der Waals surface area (Å²) in [4.78, 5) is 2.56. The number of nitrogens with zero attached hydrogens (tertiary/aromatic N) is 1. The maximum atomic E-state index is 11.9. The SMILES string of the molecule is CC(C)CN(c1cccc(S(C)(=O)=O)c1N)C1CCCC1. The van der Waals surface area contributed by atoms with Gasteiger partial charge in [-0.05, 0) is 30.9 Å². The summed E-state index contributed by atoms with van der Waals surface area (Å²) in [6, 6.07) is 5.82. The van der Waals surface area contributed by atoms with Crippen LogP contribution in [0.4, 0.5) is 11.4 Å². The standard InChI is InChI=1S/C16H26N2O2S/c1-12(2)11-18(13-7-4-5-8-13)14-9-6-10-15(16(14)17)21(3,19)20/h6,9-10,12-13H,4-5,7-8,11,17H2,1-3H3. The molecule has 0 unspecified atom stereocenters. The van der Waals surface area contributed by atoms with Gasteiger partial charge in [-0.15, -0.1) is 0 Å². The second-order valence-electron chi connectivity index (χ2n) is 6.45. The number of benzene rings is 1. The molecule has 1 fully saturated rings. The van der Waals surface area contributed by atoms with Crippen molar-refractivity contribution in [3.63, 3.8) is 0 Å². The molecule has 2 N–H and O–H groups in total. The lowest BCUT2D eigenvalue weighted by molar-refractivity contribution is 0.536. The second-order valence-corrected chi connectivity index (χ2v) is 8.43. The minimum Gasteiger partial charge on any atom is -0.396 e. The molecule has 0 aliphatic heterocycles. The van der Waals surface area contributed by atoms with Crippen molar-refractivity contribution >= 4 is 21.2 Å². The van der Waals surface area contributed by atoms with Crippen LogP contribution >= 0.6 is 0 Å². The molecular weight excluding hydrogens is 284 g/mol. The average Bonchev–Trinajstić information content (AvgIpc) is 2.88. The van der Waals surface area contributed by atoms with Gasteiger partial charge in [0.15, 0.2) is 9.84 Å². The predicted octanol–water partition coefficient (Wildman–Crippen LogP) is 3.08. The summed E-state index contributed by atoms with van der Waals surface area (Å²) in [6.07, 6.45) is 6.02. The number of hydrogen-bond acceptors (Lipinski definition) is 4. The molecule has 118 valence electrons. The van der Waals surface area contributed by atoms with E-state index in [0.29, 0.717) is 17.6 Å². The van der Waals surface area contributed by atoms with Gasteiger partial charge in [0.05, 0.1) is 16.3 Å². The predicted molar refractivity (Wildman–Crippen MR) is 88.4 cm³/mol. The quantitative estimate of drug-likeness (QED) is 0.849. The molecule has 21 heavy (non-hydrogen) atoms. The smallest absolute Gasteiger partial charge is 0.177 e. The first-order valence-electron chi connectivity index (χ1n) is 7.66. The fourth-order valence-electron chi connectivity index (χ4n) is 3.16. The first kappa shape index (κ1) is 16.1. The molecule has 5 heteroatoms. The third kappa shape index (κ3) is 3.70. The van der Waals surface area contributed by atoms with E-state index in [1.165, 1.54) is 19.1 Å². The van der Waals surface area contributed by atoms with Crippen LogP contribution < -0.4 is 10.6 Å². The van der Waals surface area contributed by atoms with E-state index in [4.69, 9.17) is 5.73 Å². The monoisotopic (exact) mass is 310 g/mol. The molecule has 2 rings (SSSR count). The highest BCUT2D eigenvalue weighted by atomic mass is 32.2. The Morgan fingerprint density at radius 3 is 2.43 bits per heavy atom.